The van der Waals surface area contributed by atoms with Gasteiger partial charge in [-0.2, -0.15) is 0 Å². The van der Waals surface area contributed by atoms with Crippen molar-refractivity contribution in [3.8, 4) is 0 Å². The first-order valence-corrected chi connectivity index (χ1v) is 2.94. The van der Waals surface area contributed by atoms with Crippen molar-refractivity contribution in [1.82, 2.24) is 0 Å². The molecule has 0 fully saturated rings. The Morgan fingerprint density at radius 2 is 2.10 bits per heavy atom. The Kier molecular flexibility index (Phi) is 2.23. The van der Waals surface area contributed by atoms with Crippen molar-refractivity contribution in [3.05, 3.63) is 29.8 Å². The number of hydrogen-bond donors (Lipinski definition) is 1. The Labute approximate surface area is 58.5 Å². The summed E-state index contributed by atoms with van der Waals surface area (Å²) in [6.07, 6.45) is 0. The number of rotatable bonds is 2. The molecule has 0 aliphatic rings. The first-order chi connectivity index (χ1) is 4.84. The molecule has 0 aliphatic heterocycles. The van der Waals surface area contributed by atoms with Gasteiger partial charge in [-0.1, -0.05) is 23.2 Å². The fraction of sp³-hybridized carbons (Fsp3) is 0.143. The average molecular weight is 141 g/mol. The minimum absolute atomic E-state index is 0.644. The van der Waals surface area contributed by atoms with E-state index in [2.05, 4.69) is 10.5 Å². The fourth-order valence-corrected chi connectivity index (χ4v) is 0.729. The van der Waals surface area contributed by atoms with Crippen LogP contribution in [0.3, 0.4) is 0 Å². The maximum absolute atomic E-state index is 11.2. The molecule has 1 aromatic carbocycles. The molecule has 1 rings (SSSR count). The lowest BCUT2D eigenvalue weighted by molar-refractivity contribution is -0.0974. The minimum atomic E-state index is 0.644. The highest BCUT2D eigenvalue weighted by molar-refractivity contribution is 5.48. The van der Waals surface area contributed by atoms with Crippen LogP contribution in [0.1, 0.15) is 5.56 Å². The lowest BCUT2D eigenvalue weighted by atomic mass is 10.2. The summed E-state index contributed by atoms with van der Waals surface area (Å²) in [5.74, 6) is 0. The number of halogens is 1. The predicted molar refractivity (Wildman–Crippen MR) is 37.0 cm³/mol. The van der Waals surface area contributed by atoms with Gasteiger partial charge >= 0.3 is 0 Å². The smallest absolute Gasteiger partial charge is 0.0666 e. The van der Waals surface area contributed by atoms with Crippen molar-refractivity contribution >= 4 is 5.69 Å². The molecule has 0 heterocycles. The van der Waals surface area contributed by atoms with Crippen molar-refractivity contribution in [2.75, 3.05) is 5.48 Å². The summed E-state index contributed by atoms with van der Waals surface area (Å²) < 4.78 is 11.2. The summed E-state index contributed by atoms with van der Waals surface area (Å²) >= 11 is 0. The van der Waals surface area contributed by atoms with Crippen LogP contribution in [-0.2, 0) is 5.04 Å². The van der Waals surface area contributed by atoms with Crippen LogP contribution in [0.2, 0.25) is 0 Å². The number of benzene rings is 1. The molecule has 2 nitrogen and oxygen atoms in total. The van der Waals surface area contributed by atoms with Crippen LogP contribution in [0.4, 0.5) is 10.2 Å². The van der Waals surface area contributed by atoms with E-state index < -0.39 is 0 Å². The Hall–Kier alpha value is -1.09. The SMILES string of the molecule is Cc1ccccc1NOF. The number of anilines is 1. The van der Waals surface area contributed by atoms with E-state index >= 15 is 0 Å². The maximum atomic E-state index is 11.2. The average Bonchev–Trinajstić information content (AvgIpc) is 1.94. The third-order valence-corrected chi connectivity index (χ3v) is 1.29. The number of aryl methyl sites for hydroxylation is 1. The summed E-state index contributed by atoms with van der Waals surface area (Å²) in [6, 6.07) is 7.27. The molecule has 0 radical (unpaired) electrons. The van der Waals surface area contributed by atoms with E-state index in [0.29, 0.717) is 5.69 Å². The zero-order valence-corrected chi connectivity index (χ0v) is 5.60. The predicted octanol–water partition coefficient (Wildman–Crippen LogP) is 2.22. The topological polar surface area (TPSA) is 21.3 Å². The van der Waals surface area contributed by atoms with Gasteiger partial charge in [-0.05, 0) is 23.1 Å². The van der Waals surface area contributed by atoms with Crippen LogP contribution in [0, 0.1) is 6.92 Å². The third kappa shape index (κ3) is 1.45. The summed E-state index contributed by atoms with van der Waals surface area (Å²) in [5.41, 5.74) is 3.70. The molecule has 0 saturated carbocycles. The summed E-state index contributed by atoms with van der Waals surface area (Å²) in [7, 11) is 0. The Morgan fingerprint density at radius 1 is 1.40 bits per heavy atom. The highest BCUT2D eigenvalue weighted by Gasteiger charge is 1.93. The van der Waals surface area contributed by atoms with E-state index in [4.69, 9.17) is 0 Å². The van der Waals surface area contributed by atoms with E-state index in [1.807, 2.05) is 19.1 Å². The monoisotopic (exact) mass is 141 g/mol. The largest absolute Gasteiger partial charge is 0.231 e. The van der Waals surface area contributed by atoms with Crippen LogP contribution in [-0.4, -0.2) is 0 Å². The first kappa shape index (κ1) is 7.02. The summed E-state index contributed by atoms with van der Waals surface area (Å²) in [6.45, 7) is 1.86. The van der Waals surface area contributed by atoms with Crippen molar-refractivity contribution in [2.45, 2.75) is 6.92 Å². The van der Waals surface area contributed by atoms with Crippen molar-refractivity contribution < 1.29 is 9.57 Å². The van der Waals surface area contributed by atoms with Gasteiger partial charge in [0.15, 0.2) is 0 Å². The first-order valence-electron chi connectivity index (χ1n) is 2.94. The molecule has 54 valence electrons. The van der Waals surface area contributed by atoms with Gasteiger partial charge in [0.1, 0.15) is 0 Å². The van der Waals surface area contributed by atoms with E-state index in [-0.39, 0.29) is 0 Å². The Balaban J connectivity index is 2.81. The van der Waals surface area contributed by atoms with Gasteiger partial charge in [0.2, 0.25) is 0 Å². The van der Waals surface area contributed by atoms with Gasteiger partial charge in [-0.3, -0.25) is 0 Å². The zero-order chi connectivity index (χ0) is 7.40. The molecule has 1 N–H and O–H groups in total. The highest BCUT2D eigenvalue weighted by Crippen LogP contribution is 2.12. The van der Waals surface area contributed by atoms with Crippen LogP contribution < -0.4 is 5.48 Å². The molecule has 0 unspecified atom stereocenters. The van der Waals surface area contributed by atoms with Crippen LogP contribution in [0.15, 0.2) is 24.3 Å². The minimum Gasteiger partial charge on any atom is -0.231 e. The fourth-order valence-electron chi connectivity index (χ4n) is 0.729. The molecule has 3 heteroatoms. The normalized spacial score (nSPS) is 9.40. The van der Waals surface area contributed by atoms with Gasteiger partial charge in [0.25, 0.3) is 0 Å². The van der Waals surface area contributed by atoms with Gasteiger partial charge in [-0.25, -0.2) is 5.48 Å². The second-order valence-corrected chi connectivity index (χ2v) is 1.99. The summed E-state index contributed by atoms with van der Waals surface area (Å²) in [5, 5.41) is 3.26. The maximum Gasteiger partial charge on any atom is 0.0666 e. The molecule has 0 spiro atoms. The Bertz CT molecular complexity index is 215. The molecule has 1 aromatic rings. The third-order valence-electron chi connectivity index (χ3n) is 1.29. The van der Waals surface area contributed by atoms with E-state index in [9.17, 15) is 4.53 Å². The molecule has 0 atom stereocenters. The van der Waals surface area contributed by atoms with Gasteiger partial charge in [0, 0.05) is 0 Å². The molecule has 0 bridgehead atoms. The molecule has 10 heavy (non-hydrogen) atoms. The Morgan fingerprint density at radius 3 is 2.70 bits per heavy atom. The molecule has 0 aromatic heterocycles. The highest BCUT2D eigenvalue weighted by atomic mass is 19.3. The van der Waals surface area contributed by atoms with Crippen molar-refractivity contribution in [2.24, 2.45) is 0 Å². The molecular formula is C7H8FNO. The van der Waals surface area contributed by atoms with Crippen LogP contribution in [0.25, 0.3) is 0 Å². The number of nitrogens with one attached hydrogen (secondary N) is 1. The molecular weight excluding hydrogens is 133 g/mol. The second-order valence-electron chi connectivity index (χ2n) is 1.99. The van der Waals surface area contributed by atoms with E-state index in [1.165, 1.54) is 0 Å². The molecule has 0 saturated heterocycles. The lowest BCUT2D eigenvalue weighted by Crippen LogP contribution is -1.93. The lowest BCUT2D eigenvalue weighted by Gasteiger charge is -2.01. The van der Waals surface area contributed by atoms with Gasteiger partial charge in [0.05, 0.1) is 5.69 Å². The quantitative estimate of drug-likeness (QED) is 0.637. The standard InChI is InChI=1S/C7H8FNO/c1-6-4-2-3-5-7(6)9-10-8/h2-5,9H,1H3. The van der Waals surface area contributed by atoms with Crippen LogP contribution in [0.5, 0.6) is 0 Å². The summed E-state index contributed by atoms with van der Waals surface area (Å²) in [4.78, 5) is 0. The zero-order valence-electron chi connectivity index (χ0n) is 5.60. The van der Waals surface area contributed by atoms with Crippen LogP contribution >= 0.6 is 0 Å². The van der Waals surface area contributed by atoms with E-state index in [1.54, 1.807) is 12.1 Å². The van der Waals surface area contributed by atoms with E-state index in [0.717, 1.165) is 5.56 Å². The molecule has 0 amide bonds. The molecule has 0 aliphatic carbocycles. The number of para-hydroxylation sites is 1. The van der Waals surface area contributed by atoms with Gasteiger partial charge < -0.3 is 0 Å². The second kappa shape index (κ2) is 3.17. The number of hydrogen-bond acceptors (Lipinski definition) is 2. The van der Waals surface area contributed by atoms with Crippen molar-refractivity contribution in [3.63, 3.8) is 0 Å². The van der Waals surface area contributed by atoms with Crippen molar-refractivity contribution in [1.29, 1.82) is 0 Å². The van der Waals surface area contributed by atoms with Gasteiger partial charge in [-0.15, -0.1) is 0 Å².